The zero-order valence-corrected chi connectivity index (χ0v) is 36.5. The van der Waals surface area contributed by atoms with Crippen molar-refractivity contribution in [2.45, 2.75) is 0 Å². The molecule has 0 aliphatic carbocycles. The summed E-state index contributed by atoms with van der Waals surface area (Å²) in [6.07, 6.45) is 15.6. The minimum Gasteiger partial charge on any atom is -0.669 e. The van der Waals surface area contributed by atoms with Gasteiger partial charge in [0.2, 0.25) is 6.20 Å². The van der Waals surface area contributed by atoms with E-state index in [-0.39, 0.29) is 42.1 Å². The van der Waals surface area contributed by atoms with Crippen LogP contribution in [0.2, 0.25) is 0 Å². The summed E-state index contributed by atoms with van der Waals surface area (Å²) in [6, 6.07) is 71.2. The van der Waals surface area contributed by atoms with Gasteiger partial charge in [-0.2, -0.15) is 30.3 Å². The van der Waals surface area contributed by atoms with E-state index in [0.717, 1.165) is 45.1 Å². The van der Waals surface area contributed by atoms with Gasteiger partial charge in [0.15, 0.2) is 7.05 Å². The molecule has 0 fully saturated rings. The molecule has 292 valence electrons. The standard InChI is InChI=1S/C45H29N4O2.C6H4N.2Pt/c1-47-25-26-48(33-47)39-30-40(49(37-15-5-2-6-16-37)38-17-7-3-8-18-38)32-44(31-39)51-43-22-12-14-36(28-43)45-29-35(23-24-46-45)34-13-11-21-42(27-34)50-41-19-9-4-10-20-41;1-2-7-5-3-4-6-7;;/h2-19,21-22,24-26,29-30,32H,1H3;3-6H;;/q-3;-1;+2;+4. The maximum absolute atomic E-state index is 6.57. The van der Waals surface area contributed by atoms with Crippen LogP contribution >= 0.6 is 0 Å². The van der Waals surface area contributed by atoms with Crippen molar-refractivity contribution in [3.63, 3.8) is 0 Å². The Hall–Kier alpha value is -6.79. The van der Waals surface area contributed by atoms with Crippen LogP contribution in [0.5, 0.6) is 23.0 Å². The Balaban J connectivity index is 0.000000611. The van der Waals surface area contributed by atoms with Crippen molar-refractivity contribution in [2.24, 2.45) is 0 Å². The molecule has 9 rings (SSSR count). The zero-order chi connectivity index (χ0) is 39.5. The second-order valence-electron chi connectivity index (χ2n) is 12.8. The van der Waals surface area contributed by atoms with E-state index < -0.39 is 0 Å². The van der Waals surface area contributed by atoms with Crippen molar-refractivity contribution in [3.8, 4) is 51.4 Å². The summed E-state index contributed by atoms with van der Waals surface area (Å²) in [5.74, 6) is 2.26. The summed E-state index contributed by atoms with van der Waals surface area (Å²) in [5.41, 5.74) is 6.84. The van der Waals surface area contributed by atoms with Crippen LogP contribution in [0.3, 0.4) is 0 Å². The molecule has 0 spiro atoms. The van der Waals surface area contributed by atoms with Crippen molar-refractivity contribution in [1.29, 1.82) is 0 Å². The molecule has 6 aromatic carbocycles. The molecule has 8 aromatic rings. The Morgan fingerprint density at radius 3 is 1.88 bits per heavy atom. The molecule has 0 atom stereocenters. The van der Waals surface area contributed by atoms with Crippen LogP contribution in [0.4, 0.5) is 22.7 Å². The molecule has 0 saturated heterocycles. The van der Waals surface area contributed by atoms with Crippen LogP contribution in [0.1, 0.15) is 0 Å². The summed E-state index contributed by atoms with van der Waals surface area (Å²) < 4.78 is 17.8. The van der Waals surface area contributed by atoms with Crippen LogP contribution in [-0.2, 0) is 42.1 Å². The van der Waals surface area contributed by atoms with Gasteiger partial charge in [-0.15, -0.1) is 48.0 Å². The van der Waals surface area contributed by atoms with Crippen LogP contribution in [-0.4, -0.2) is 31.8 Å². The Kier molecular flexibility index (Phi) is 14.8. The first-order valence-electron chi connectivity index (χ1n) is 18.3. The topological polar surface area (TPSA) is 45.5 Å². The van der Waals surface area contributed by atoms with Crippen molar-refractivity contribution in [1.82, 2.24) is 9.55 Å². The average molecular weight is 1140 g/mol. The monoisotopic (exact) mass is 1140 g/mol. The molecule has 3 heterocycles. The van der Waals surface area contributed by atoms with E-state index in [1.807, 2.05) is 150 Å². The molecular formula is C51H33N5O2Pt2+2. The minimum absolute atomic E-state index is 0. The van der Waals surface area contributed by atoms with Gasteiger partial charge in [0.05, 0.1) is 0 Å². The molecule has 0 unspecified atom stereocenters. The molecule has 0 amide bonds. The quantitative estimate of drug-likeness (QED) is 0.0778. The van der Waals surface area contributed by atoms with Gasteiger partial charge in [0.1, 0.15) is 5.69 Å². The second kappa shape index (κ2) is 20.8. The number of benzene rings is 6. The summed E-state index contributed by atoms with van der Waals surface area (Å²) in [5, 5.41) is 0. The fraction of sp³-hybridized carbons (Fsp3) is 0.0196. The van der Waals surface area contributed by atoms with E-state index in [1.165, 1.54) is 0 Å². The zero-order valence-electron chi connectivity index (χ0n) is 32.0. The predicted octanol–water partition coefficient (Wildman–Crippen LogP) is 11.3. The van der Waals surface area contributed by atoms with Gasteiger partial charge in [0.25, 0.3) is 6.20 Å². The molecule has 7 nitrogen and oxygen atoms in total. The number of para-hydroxylation sites is 3. The van der Waals surface area contributed by atoms with Gasteiger partial charge in [-0.3, -0.25) is 11.1 Å². The van der Waals surface area contributed by atoms with Gasteiger partial charge >= 0.3 is 48.1 Å². The number of nitrogens with zero attached hydrogens (tertiary/aromatic N) is 5. The van der Waals surface area contributed by atoms with Gasteiger partial charge in [-0.1, -0.05) is 81.3 Å². The normalized spacial score (nSPS) is 11.0. The third-order valence-corrected chi connectivity index (χ3v) is 8.73. The molecule has 2 aromatic heterocycles. The van der Waals surface area contributed by atoms with E-state index >= 15 is 0 Å². The second-order valence-corrected chi connectivity index (χ2v) is 12.8. The maximum atomic E-state index is 6.57. The van der Waals surface area contributed by atoms with E-state index in [1.54, 1.807) is 23.2 Å². The first-order valence-corrected chi connectivity index (χ1v) is 18.3. The summed E-state index contributed by atoms with van der Waals surface area (Å²) >= 11 is 0. The Bertz CT molecular complexity index is 2760. The van der Waals surface area contributed by atoms with Gasteiger partial charge in [-0.05, 0) is 36.4 Å². The SMILES string of the molecule is C[N+]1=C=[N+](c2[c-]c(Oc3[c-]c(-c4cc(-c5[c-]c(Oc6[c-]cccc6)ccc5)[c-]cn4)ccc3)cc(N(c3ccccc3)c3ccccc3)c2)C=C1.[C-]#Cn1cccc1.[Pt+2].[Pt+4]. The van der Waals surface area contributed by atoms with Crippen molar-refractivity contribution in [3.05, 3.63) is 219 Å². The van der Waals surface area contributed by atoms with Crippen LogP contribution in [0.15, 0.2) is 183 Å². The van der Waals surface area contributed by atoms with Gasteiger partial charge in [-0.25, -0.2) is 24.2 Å². The average Bonchev–Trinajstić information content (AvgIpc) is 3.98. The van der Waals surface area contributed by atoms with Crippen LogP contribution in [0.25, 0.3) is 22.4 Å². The smallest absolute Gasteiger partial charge is 0.669 e. The summed E-state index contributed by atoms with van der Waals surface area (Å²) in [4.78, 5) is 6.81. The van der Waals surface area contributed by atoms with Gasteiger partial charge in [0, 0.05) is 46.8 Å². The largest absolute Gasteiger partial charge is 4.00 e. The molecule has 1 aliphatic heterocycles. The van der Waals surface area contributed by atoms with Crippen LogP contribution < -0.4 is 14.4 Å². The first kappa shape index (κ1) is 42.8. The number of anilines is 3. The fourth-order valence-electron chi connectivity index (χ4n) is 6.06. The number of ether oxygens (including phenoxy) is 2. The number of hydrogen-bond donors (Lipinski definition) is 0. The van der Waals surface area contributed by atoms with E-state index in [0.29, 0.717) is 23.0 Å². The summed E-state index contributed by atoms with van der Waals surface area (Å²) in [6.45, 7) is 0. The van der Waals surface area contributed by atoms with E-state index in [9.17, 15) is 0 Å². The number of hydrogen-bond acceptors (Lipinski definition) is 4. The molecular weight excluding hydrogens is 1100 g/mol. The summed E-state index contributed by atoms with van der Waals surface area (Å²) in [7, 11) is 1.94. The number of aromatic nitrogens is 2. The number of pyridine rings is 1. The third-order valence-electron chi connectivity index (χ3n) is 8.73. The first-order chi connectivity index (χ1) is 28.6. The van der Waals surface area contributed by atoms with Gasteiger partial charge < -0.3 is 30.3 Å². The molecule has 9 heteroatoms. The molecule has 0 bridgehead atoms. The number of rotatable bonds is 10. The van der Waals surface area contributed by atoms with E-state index in [4.69, 9.17) is 15.9 Å². The van der Waals surface area contributed by atoms with Crippen molar-refractivity contribution < 1.29 is 60.8 Å². The molecule has 0 saturated carbocycles. The van der Waals surface area contributed by atoms with E-state index in [2.05, 4.69) is 82.6 Å². The predicted molar refractivity (Wildman–Crippen MR) is 224 cm³/mol. The third kappa shape index (κ3) is 10.8. The molecule has 1 aliphatic rings. The molecule has 0 N–H and O–H groups in total. The van der Waals surface area contributed by atoms with Crippen LogP contribution in [0, 0.1) is 42.8 Å². The minimum atomic E-state index is 0. The molecule has 60 heavy (non-hydrogen) atoms. The Labute approximate surface area is 379 Å². The van der Waals surface area contributed by atoms with Crippen molar-refractivity contribution >= 4 is 28.8 Å². The van der Waals surface area contributed by atoms with Crippen molar-refractivity contribution in [2.75, 3.05) is 11.9 Å². The maximum Gasteiger partial charge on any atom is 4.00 e. The Morgan fingerprint density at radius 1 is 0.633 bits per heavy atom. The Morgan fingerprint density at radius 2 is 1.27 bits per heavy atom. The molecule has 0 radical (unpaired) electrons. The fourth-order valence-corrected chi connectivity index (χ4v) is 6.06.